The number of nitrogens with zero attached hydrogens (tertiary/aromatic N) is 3. The number of hydrogen-bond donors (Lipinski definition) is 0. The third-order valence-electron chi connectivity index (χ3n) is 1.64. The maximum atomic E-state index is 4.97. The topological polar surface area (TPSA) is 38.2 Å². The molecule has 0 saturated heterocycles. The van der Waals surface area contributed by atoms with Gasteiger partial charge in [0.05, 0.1) is 7.11 Å². The summed E-state index contributed by atoms with van der Waals surface area (Å²) in [5.41, 5.74) is 0. The van der Waals surface area contributed by atoms with Crippen molar-refractivity contribution in [1.82, 2.24) is 9.97 Å². The molecule has 4 nitrogen and oxygen atoms in total. The van der Waals surface area contributed by atoms with E-state index in [0.29, 0.717) is 11.8 Å². The molecular weight excluding hydrogens is 154 g/mol. The van der Waals surface area contributed by atoms with Crippen molar-refractivity contribution in [3.05, 3.63) is 12.3 Å². The first-order valence-electron chi connectivity index (χ1n) is 3.86. The van der Waals surface area contributed by atoms with Gasteiger partial charge >= 0.3 is 0 Å². The van der Waals surface area contributed by atoms with Crippen LogP contribution in [-0.2, 0) is 0 Å². The van der Waals surface area contributed by atoms with Crippen LogP contribution >= 0.6 is 0 Å². The normalized spacial score (nSPS) is 9.58. The minimum absolute atomic E-state index is 0.598. The summed E-state index contributed by atoms with van der Waals surface area (Å²) < 4.78 is 4.97. The van der Waals surface area contributed by atoms with Crippen LogP contribution < -0.4 is 9.64 Å². The maximum Gasteiger partial charge on any atom is 0.228 e. The third-order valence-corrected chi connectivity index (χ3v) is 1.64. The van der Waals surface area contributed by atoms with Gasteiger partial charge < -0.3 is 9.64 Å². The van der Waals surface area contributed by atoms with Crippen molar-refractivity contribution in [2.75, 3.05) is 25.6 Å². The number of methoxy groups -OCH3 is 1. The molecule has 4 heteroatoms. The van der Waals surface area contributed by atoms with E-state index in [-0.39, 0.29) is 0 Å². The molecule has 1 heterocycles. The smallest absolute Gasteiger partial charge is 0.228 e. The number of anilines is 1. The largest absolute Gasteiger partial charge is 0.481 e. The fraction of sp³-hybridized carbons (Fsp3) is 0.500. The molecular formula is C8H13N3O. The minimum Gasteiger partial charge on any atom is -0.481 e. The molecule has 0 aromatic carbocycles. The SMILES string of the molecule is CCN(C)c1nccc(OC)n1. The fourth-order valence-electron chi connectivity index (χ4n) is 0.771. The summed E-state index contributed by atoms with van der Waals surface area (Å²) in [5, 5.41) is 0. The van der Waals surface area contributed by atoms with Crippen LogP contribution in [-0.4, -0.2) is 30.7 Å². The van der Waals surface area contributed by atoms with E-state index in [1.165, 1.54) is 0 Å². The highest BCUT2D eigenvalue weighted by atomic mass is 16.5. The van der Waals surface area contributed by atoms with Crippen LogP contribution in [0.2, 0.25) is 0 Å². The van der Waals surface area contributed by atoms with Crippen molar-refractivity contribution >= 4 is 5.95 Å². The second-order valence-corrected chi connectivity index (χ2v) is 2.41. The molecule has 66 valence electrons. The summed E-state index contributed by atoms with van der Waals surface area (Å²) in [7, 11) is 3.53. The van der Waals surface area contributed by atoms with Crippen molar-refractivity contribution in [1.29, 1.82) is 0 Å². The summed E-state index contributed by atoms with van der Waals surface area (Å²) in [5.74, 6) is 1.29. The van der Waals surface area contributed by atoms with E-state index in [4.69, 9.17) is 4.74 Å². The van der Waals surface area contributed by atoms with Crippen LogP contribution in [0.3, 0.4) is 0 Å². The molecule has 0 amide bonds. The third kappa shape index (κ3) is 1.84. The van der Waals surface area contributed by atoms with Gasteiger partial charge in [-0.15, -0.1) is 0 Å². The quantitative estimate of drug-likeness (QED) is 0.671. The average Bonchev–Trinajstić information content (AvgIpc) is 2.17. The molecule has 0 aliphatic carbocycles. The predicted molar refractivity (Wildman–Crippen MR) is 47.5 cm³/mol. The maximum absolute atomic E-state index is 4.97. The lowest BCUT2D eigenvalue weighted by atomic mass is 10.6. The molecule has 0 aliphatic heterocycles. The number of ether oxygens (including phenoxy) is 1. The van der Waals surface area contributed by atoms with Crippen LogP contribution in [0.5, 0.6) is 5.88 Å². The zero-order chi connectivity index (χ0) is 8.97. The van der Waals surface area contributed by atoms with E-state index in [2.05, 4.69) is 9.97 Å². The number of aromatic nitrogens is 2. The summed E-state index contributed by atoms with van der Waals surface area (Å²) in [6, 6.07) is 1.73. The Kier molecular flexibility index (Phi) is 2.85. The second-order valence-electron chi connectivity index (χ2n) is 2.41. The van der Waals surface area contributed by atoms with Crippen molar-refractivity contribution in [2.24, 2.45) is 0 Å². The van der Waals surface area contributed by atoms with E-state index in [9.17, 15) is 0 Å². The standard InChI is InChI=1S/C8H13N3O/c1-4-11(2)8-9-6-5-7(10-8)12-3/h5-6H,4H2,1-3H3. The Bertz CT molecular complexity index is 252. The average molecular weight is 167 g/mol. The molecule has 1 aromatic rings. The van der Waals surface area contributed by atoms with Gasteiger partial charge in [0.2, 0.25) is 11.8 Å². The molecule has 1 aromatic heterocycles. The first kappa shape index (κ1) is 8.77. The van der Waals surface area contributed by atoms with Gasteiger partial charge in [0.1, 0.15) is 0 Å². The summed E-state index contributed by atoms with van der Waals surface area (Å²) in [6.07, 6.45) is 1.69. The van der Waals surface area contributed by atoms with Gasteiger partial charge in [0.25, 0.3) is 0 Å². The highest BCUT2D eigenvalue weighted by Crippen LogP contribution is 2.09. The Morgan fingerprint density at radius 3 is 2.92 bits per heavy atom. The van der Waals surface area contributed by atoms with E-state index in [0.717, 1.165) is 6.54 Å². The number of hydrogen-bond acceptors (Lipinski definition) is 4. The van der Waals surface area contributed by atoms with E-state index in [1.54, 1.807) is 19.4 Å². The van der Waals surface area contributed by atoms with Crippen LogP contribution in [0.25, 0.3) is 0 Å². The van der Waals surface area contributed by atoms with E-state index >= 15 is 0 Å². The summed E-state index contributed by atoms with van der Waals surface area (Å²) >= 11 is 0. The van der Waals surface area contributed by atoms with Gasteiger partial charge in [-0.05, 0) is 6.92 Å². The molecule has 0 aliphatic rings. The molecule has 12 heavy (non-hydrogen) atoms. The van der Waals surface area contributed by atoms with Crippen LogP contribution in [0.15, 0.2) is 12.3 Å². The van der Waals surface area contributed by atoms with Gasteiger partial charge in [-0.25, -0.2) is 4.98 Å². The van der Waals surface area contributed by atoms with E-state index < -0.39 is 0 Å². The molecule has 0 spiro atoms. The second kappa shape index (κ2) is 3.90. The molecule has 1 rings (SSSR count). The lowest BCUT2D eigenvalue weighted by Gasteiger charge is -2.13. The minimum atomic E-state index is 0.598. The molecule has 0 N–H and O–H groups in total. The Hall–Kier alpha value is -1.32. The van der Waals surface area contributed by atoms with E-state index in [1.807, 2.05) is 18.9 Å². The van der Waals surface area contributed by atoms with Crippen LogP contribution in [0.1, 0.15) is 6.92 Å². The molecule has 0 bridgehead atoms. The predicted octanol–water partition coefficient (Wildman–Crippen LogP) is 0.941. The number of rotatable bonds is 3. The summed E-state index contributed by atoms with van der Waals surface area (Å²) in [6.45, 7) is 2.93. The highest BCUT2D eigenvalue weighted by molar-refractivity contribution is 5.30. The molecule has 0 atom stereocenters. The Labute approximate surface area is 72.2 Å². The Morgan fingerprint density at radius 1 is 1.58 bits per heavy atom. The summed E-state index contributed by atoms with van der Waals surface area (Å²) in [4.78, 5) is 10.2. The van der Waals surface area contributed by atoms with Gasteiger partial charge in [-0.3, -0.25) is 0 Å². The van der Waals surface area contributed by atoms with Gasteiger partial charge in [-0.2, -0.15) is 4.98 Å². The van der Waals surface area contributed by atoms with Crippen LogP contribution in [0, 0.1) is 0 Å². The van der Waals surface area contributed by atoms with Crippen molar-refractivity contribution < 1.29 is 4.74 Å². The molecule has 0 unspecified atom stereocenters. The van der Waals surface area contributed by atoms with Crippen molar-refractivity contribution in [3.8, 4) is 5.88 Å². The zero-order valence-corrected chi connectivity index (χ0v) is 7.61. The lowest BCUT2D eigenvalue weighted by molar-refractivity contribution is 0.397. The van der Waals surface area contributed by atoms with Crippen molar-refractivity contribution in [3.63, 3.8) is 0 Å². The zero-order valence-electron chi connectivity index (χ0n) is 7.61. The Balaban J connectivity index is 2.86. The first-order chi connectivity index (χ1) is 5.77. The lowest BCUT2D eigenvalue weighted by Crippen LogP contribution is -2.18. The highest BCUT2D eigenvalue weighted by Gasteiger charge is 2.01. The monoisotopic (exact) mass is 167 g/mol. The van der Waals surface area contributed by atoms with Gasteiger partial charge in [0.15, 0.2) is 0 Å². The van der Waals surface area contributed by atoms with Gasteiger partial charge in [0, 0.05) is 25.9 Å². The molecule has 0 saturated carbocycles. The Morgan fingerprint density at radius 2 is 2.33 bits per heavy atom. The van der Waals surface area contributed by atoms with Gasteiger partial charge in [-0.1, -0.05) is 0 Å². The van der Waals surface area contributed by atoms with Crippen LogP contribution in [0.4, 0.5) is 5.95 Å². The van der Waals surface area contributed by atoms with Crippen molar-refractivity contribution in [2.45, 2.75) is 6.92 Å². The molecule has 0 fully saturated rings. The first-order valence-corrected chi connectivity index (χ1v) is 3.86. The molecule has 0 radical (unpaired) electrons. The fourth-order valence-corrected chi connectivity index (χ4v) is 0.771.